The molecule has 2 heterocycles. The summed E-state index contributed by atoms with van der Waals surface area (Å²) in [7, 11) is 1.50. The lowest BCUT2D eigenvalue weighted by Gasteiger charge is -2.08. The molecular weight excluding hydrogens is 320 g/mol. The topological polar surface area (TPSA) is 42.3 Å². The van der Waals surface area contributed by atoms with Gasteiger partial charge in [0.05, 0.1) is 4.91 Å². The van der Waals surface area contributed by atoms with Gasteiger partial charge in [0.1, 0.15) is 0 Å². The maximum atomic E-state index is 12.1. The van der Waals surface area contributed by atoms with Crippen LogP contribution in [-0.2, 0) is 4.79 Å². The van der Waals surface area contributed by atoms with Crippen molar-refractivity contribution < 1.29 is 9.59 Å². The molecule has 4 rings (SSSR count). The third kappa shape index (κ3) is 2.43. The summed E-state index contributed by atoms with van der Waals surface area (Å²) in [4.78, 5) is 25.3. The molecule has 0 radical (unpaired) electrons. The maximum absolute atomic E-state index is 12.1. The number of hydrogen-bond donors (Lipinski definition) is 0. The summed E-state index contributed by atoms with van der Waals surface area (Å²) in [5.74, 6) is -0.253. The summed E-state index contributed by atoms with van der Waals surface area (Å²) in [6.45, 7) is 0. The molecule has 2 amide bonds. The molecule has 2 aromatic carbocycles. The average molecular weight is 334 g/mol. The lowest BCUT2D eigenvalue weighted by molar-refractivity contribution is -0.121. The Balaban J connectivity index is 1.77. The summed E-state index contributed by atoms with van der Waals surface area (Å²) in [6, 6.07) is 18.3. The molecule has 0 aliphatic carbocycles. The molecule has 5 heteroatoms. The normalized spacial score (nSPS) is 16.5. The zero-order valence-electron chi connectivity index (χ0n) is 13.0. The second-order valence-electron chi connectivity index (χ2n) is 5.58. The minimum Gasteiger partial charge on any atom is -0.317 e. The molecule has 1 aliphatic heterocycles. The first kappa shape index (κ1) is 14.8. The van der Waals surface area contributed by atoms with Crippen LogP contribution in [0.15, 0.2) is 65.7 Å². The second-order valence-corrected chi connectivity index (χ2v) is 6.57. The highest BCUT2D eigenvalue weighted by molar-refractivity contribution is 8.18. The molecule has 0 N–H and O–H groups in total. The van der Waals surface area contributed by atoms with Gasteiger partial charge in [-0.25, -0.2) is 0 Å². The van der Waals surface area contributed by atoms with Gasteiger partial charge >= 0.3 is 0 Å². The predicted molar refractivity (Wildman–Crippen MR) is 97.0 cm³/mol. The Hall–Kier alpha value is -2.79. The van der Waals surface area contributed by atoms with E-state index in [4.69, 9.17) is 0 Å². The van der Waals surface area contributed by atoms with Crippen LogP contribution in [0, 0.1) is 0 Å². The van der Waals surface area contributed by atoms with Crippen molar-refractivity contribution in [1.82, 2.24) is 9.47 Å². The summed E-state index contributed by atoms with van der Waals surface area (Å²) < 4.78 is 2.01. The van der Waals surface area contributed by atoms with Crippen LogP contribution in [-0.4, -0.2) is 27.7 Å². The predicted octanol–water partition coefficient (Wildman–Crippen LogP) is 4.30. The minimum atomic E-state index is -0.253. The summed E-state index contributed by atoms with van der Waals surface area (Å²) in [6.07, 6.45) is 3.72. The summed E-state index contributed by atoms with van der Waals surface area (Å²) >= 11 is 0.972. The van der Waals surface area contributed by atoms with Crippen LogP contribution in [0.25, 0.3) is 22.5 Å². The van der Waals surface area contributed by atoms with Gasteiger partial charge in [-0.2, -0.15) is 0 Å². The maximum Gasteiger partial charge on any atom is 0.293 e. The van der Waals surface area contributed by atoms with Crippen molar-refractivity contribution >= 4 is 39.8 Å². The van der Waals surface area contributed by atoms with Gasteiger partial charge in [0, 0.05) is 24.6 Å². The number of rotatable bonds is 2. The van der Waals surface area contributed by atoms with E-state index in [1.54, 1.807) is 6.08 Å². The number of carbonyl (C=O) groups excluding carboxylic acids is 2. The number of hydrogen-bond acceptors (Lipinski definition) is 3. The Morgan fingerprint density at radius 2 is 1.75 bits per heavy atom. The fraction of sp³-hybridized carbons (Fsp3) is 0.0526. The average Bonchev–Trinajstić information content (AvgIpc) is 3.15. The third-order valence-electron chi connectivity index (χ3n) is 4.06. The Kier molecular flexibility index (Phi) is 3.50. The van der Waals surface area contributed by atoms with Crippen LogP contribution in [0.2, 0.25) is 0 Å². The number of imide groups is 1. The molecule has 0 saturated carbocycles. The second kappa shape index (κ2) is 5.69. The molecule has 0 atom stereocenters. The number of carbonyl (C=O) groups is 2. The first-order chi connectivity index (χ1) is 11.6. The van der Waals surface area contributed by atoms with E-state index in [0.717, 1.165) is 33.4 Å². The first-order valence-electron chi connectivity index (χ1n) is 7.51. The first-order valence-corrected chi connectivity index (χ1v) is 8.33. The van der Waals surface area contributed by atoms with Crippen molar-refractivity contribution in [1.29, 1.82) is 0 Å². The standard InChI is InChI=1S/C19H14N2O2S/c1-20-18(22)17(24-19(20)23)12-15-7-4-10-21(15)16-9-8-13-5-2-3-6-14(13)11-16/h2-12H,1H3/b17-12+. The number of fused-ring (bicyclic) bond motifs is 1. The largest absolute Gasteiger partial charge is 0.317 e. The summed E-state index contributed by atoms with van der Waals surface area (Å²) in [5.41, 5.74) is 1.88. The number of amides is 2. The van der Waals surface area contributed by atoms with Gasteiger partial charge in [-0.05, 0) is 52.9 Å². The highest BCUT2D eigenvalue weighted by atomic mass is 32.2. The highest BCUT2D eigenvalue weighted by Gasteiger charge is 2.31. The van der Waals surface area contributed by atoms with E-state index in [1.807, 2.05) is 41.1 Å². The highest BCUT2D eigenvalue weighted by Crippen LogP contribution is 2.31. The molecule has 0 bridgehead atoms. The van der Waals surface area contributed by atoms with E-state index < -0.39 is 0 Å². The quantitative estimate of drug-likeness (QED) is 0.656. The monoisotopic (exact) mass is 334 g/mol. The smallest absolute Gasteiger partial charge is 0.293 e. The fourth-order valence-corrected chi connectivity index (χ4v) is 3.57. The van der Waals surface area contributed by atoms with Crippen LogP contribution in [0.5, 0.6) is 0 Å². The van der Waals surface area contributed by atoms with Crippen molar-refractivity contribution in [3.05, 3.63) is 71.4 Å². The molecule has 1 saturated heterocycles. The molecule has 3 aromatic rings. The van der Waals surface area contributed by atoms with Gasteiger partial charge in [-0.15, -0.1) is 0 Å². The third-order valence-corrected chi connectivity index (χ3v) is 5.02. The lowest BCUT2D eigenvalue weighted by atomic mass is 10.1. The van der Waals surface area contributed by atoms with Gasteiger partial charge in [-0.1, -0.05) is 30.3 Å². The van der Waals surface area contributed by atoms with E-state index in [-0.39, 0.29) is 11.1 Å². The van der Waals surface area contributed by atoms with Crippen molar-refractivity contribution in [3.8, 4) is 5.69 Å². The van der Waals surface area contributed by atoms with Gasteiger partial charge in [0.25, 0.3) is 11.1 Å². The molecule has 0 unspecified atom stereocenters. The Morgan fingerprint density at radius 3 is 2.50 bits per heavy atom. The number of nitrogens with zero attached hydrogens (tertiary/aromatic N) is 2. The van der Waals surface area contributed by atoms with Crippen LogP contribution < -0.4 is 0 Å². The van der Waals surface area contributed by atoms with Crippen LogP contribution in [0.3, 0.4) is 0 Å². The van der Waals surface area contributed by atoms with Gasteiger partial charge < -0.3 is 4.57 Å². The van der Waals surface area contributed by atoms with E-state index in [2.05, 4.69) is 24.3 Å². The molecule has 118 valence electrons. The Labute approximate surface area is 143 Å². The number of thioether (sulfide) groups is 1. The van der Waals surface area contributed by atoms with Crippen LogP contribution in [0.4, 0.5) is 4.79 Å². The molecule has 24 heavy (non-hydrogen) atoms. The minimum absolute atomic E-state index is 0.241. The Morgan fingerprint density at radius 1 is 0.958 bits per heavy atom. The number of benzene rings is 2. The molecular formula is C19H14N2O2S. The van der Waals surface area contributed by atoms with E-state index in [1.165, 1.54) is 12.4 Å². The zero-order valence-corrected chi connectivity index (χ0v) is 13.8. The van der Waals surface area contributed by atoms with Crippen LogP contribution >= 0.6 is 11.8 Å². The molecule has 0 spiro atoms. The van der Waals surface area contributed by atoms with Gasteiger partial charge in [0.15, 0.2) is 0 Å². The number of likely N-dealkylation sites (N-methyl/N-ethyl adjacent to an activating group) is 1. The zero-order chi connectivity index (χ0) is 16.7. The molecule has 1 fully saturated rings. The van der Waals surface area contributed by atoms with Crippen molar-refractivity contribution in [2.45, 2.75) is 0 Å². The molecule has 4 nitrogen and oxygen atoms in total. The fourth-order valence-electron chi connectivity index (χ4n) is 2.75. The van der Waals surface area contributed by atoms with Crippen molar-refractivity contribution in [2.24, 2.45) is 0 Å². The van der Waals surface area contributed by atoms with Crippen molar-refractivity contribution in [2.75, 3.05) is 7.05 Å². The molecule has 1 aliphatic rings. The SMILES string of the molecule is CN1C(=O)S/C(=C/c2cccn2-c2ccc3ccccc3c2)C1=O. The summed E-state index contributed by atoms with van der Waals surface area (Å²) in [5, 5.41) is 2.10. The van der Waals surface area contributed by atoms with E-state index in [9.17, 15) is 9.59 Å². The number of aromatic nitrogens is 1. The Bertz CT molecular complexity index is 1000. The lowest BCUT2D eigenvalue weighted by Crippen LogP contribution is -2.22. The van der Waals surface area contributed by atoms with E-state index >= 15 is 0 Å². The van der Waals surface area contributed by atoms with E-state index in [0.29, 0.717) is 4.91 Å². The van der Waals surface area contributed by atoms with Gasteiger partial charge in [-0.3, -0.25) is 14.5 Å². The molecule has 1 aromatic heterocycles. The van der Waals surface area contributed by atoms with Crippen LogP contribution in [0.1, 0.15) is 5.69 Å². The van der Waals surface area contributed by atoms with Gasteiger partial charge in [0.2, 0.25) is 0 Å². The van der Waals surface area contributed by atoms with Crippen molar-refractivity contribution in [3.63, 3.8) is 0 Å².